The van der Waals surface area contributed by atoms with E-state index in [0.29, 0.717) is 5.56 Å². The largest absolute Gasteiger partial charge is 0.363 e. The molecule has 43 heavy (non-hydrogen) atoms. The summed E-state index contributed by atoms with van der Waals surface area (Å²) < 4.78 is 72.6. The summed E-state index contributed by atoms with van der Waals surface area (Å²) >= 11 is 0. The van der Waals surface area contributed by atoms with Gasteiger partial charge in [0.25, 0.3) is 5.56 Å². The number of rotatable bonds is 8. The Morgan fingerprint density at radius 3 is 2.09 bits per heavy atom. The molecule has 0 unspecified atom stereocenters. The van der Waals surface area contributed by atoms with E-state index >= 15 is 0 Å². The van der Waals surface area contributed by atoms with Crippen LogP contribution in [0.3, 0.4) is 0 Å². The van der Waals surface area contributed by atoms with Crippen molar-refractivity contribution >= 4 is 15.7 Å². The average Bonchev–Trinajstić information content (AvgIpc) is 2.99. The van der Waals surface area contributed by atoms with Crippen molar-refractivity contribution in [3.63, 3.8) is 0 Å². The Balaban J connectivity index is 1.53. The summed E-state index contributed by atoms with van der Waals surface area (Å²) in [5, 5.41) is 0. The molecule has 1 saturated heterocycles. The van der Waals surface area contributed by atoms with Crippen LogP contribution in [0.15, 0.2) is 87.3 Å². The molecule has 2 heterocycles. The number of anilines is 1. The molecule has 0 spiro atoms. The molecule has 0 bridgehead atoms. The van der Waals surface area contributed by atoms with Gasteiger partial charge in [-0.15, -0.1) is 0 Å². The minimum atomic E-state index is -4.00. The number of hydrogen-bond donors (Lipinski definition) is 1. The molecule has 0 amide bonds. The molecule has 0 aliphatic carbocycles. The molecule has 4 aromatic rings. The van der Waals surface area contributed by atoms with E-state index < -0.39 is 51.3 Å². The lowest BCUT2D eigenvalue weighted by atomic mass is 10.1. The number of benzene rings is 3. The van der Waals surface area contributed by atoms with Gasteiger partial charge in [-0.3, -0.25) is 13.9 Å². The predicted octanol–water partition coefficient (Wildman–Crippen LogP) is 2.99. The summed E-state index contributed by atoms with van der Waals surface area (Å²) in [6, 6.07) is 16.2. The lowest BCUT2D eigenvalue weighted by molar-refractivity contribution is 0.382. The van der Waals surface area contributed by atoms with Crippen LogP contribution in [0.2, 0.25) is 0 Å². The van der Waals surface area contributed by atoms with Crippen LogP contribution < -0.4 is 21.9 Å². The van der Waals surface area contributed by atoms with Gasteiger partial charge in [0.05, 0.1) is 18.0 Å². The van der Waals surface area contributed by atoms with Crippen LogP contribution in [0.25, 0.3) is 0 Å². The lowest BCUT2D eigenvalue weighted by Gasteiger charge is -2.36. The van der Waals surface area contributed by atoms with Gasteiger partial charge in [-0.25, -0.2) is 26.4 Å². The summed E-state index contributed by atoms with van der Waals surface area (Å²) in [6.07, 6.45) is 0. The van der Waals surface area contributed by atoms with Gasteiger partial charge in [-0.2, -0.15) is 4.31 Å². The molecule has 1 aliphatic heterocycles. The van der Waals surface area contributed by atoms with Gasteiger partial charge in [-0.1, -0.05) is 42.5 Å². The van der Waals surface area contributed by atoms with E-state index in [1.807, 2.05) is 0 Å². The first-order valence-corrected chi connectivity index (χ1v) is 15.0. The van der Waals surface area contributed by atoms with Crippen molar-refractivity contribution < 1.29 is 21.6 Å². The minimum absolute atomic E-state index is 0.0255. The lowest BCUT2D eigenvalue weighted by Crippen LogP contribution is -2.52. The highest BCUT2D eigenvalue weighted by atomic mass is 32.2. The standard InChI is InChI=1S/C30H30F3N5O4S/c1-20-28(35-13-15-36(16-14-35)43(41,42)23-10-5-9-22(31)17-23)29(39)38(19-27(34)21-7-3-2-4-8-21)30(40)37(20)18-24-25(32)11-6-12-26(24)33/h2-12,17,27H,13-16,18-19,34H2,1H3/t27-/m0/s1. The van der Waals surface area contributed by atoms with E-state index in [4.69, 9.17) is 5.73 Å². The van der Waals surface area contributed by atoms with Crippen molar-refractivity contribution in [1.82, 2.24) is 13.4 Å². The van der Waals surface area contributed by atoms with E-state index in [1.54, 1.807) is 35.2 Å². The average molecular weight is 614 g/mol. The predicted molar refractivity (Wildman–Crippen MR) is 156 cm³/mol. The third-order valence-corrected chi connectivity index (χ3v) is 9.53. The van der Waals surface area contributed by atoms with Crippen LogP contribution in [0, 0.1) is 24.4 Å². The van der Waals surface area contributed by atoms with E-state index in [-0.39, 0.29) is 54.6 Å². The quantitative estimate of drug-likeness (QED) is 0.327. The Morgan fingerprint density at radius 2 is 1.47 bits per heavy atom. The number of nitrogens with two attached hydrogens (primary N) is 1. The highest BCUT2D eigenvalue weighted by molar-refractivity contribution is 7.89. The molecule has 2 N–H and O–H groups in total. The smallest absolute Gasteiger partial charge is 0.331 e. The summed E-state index contributed by atoms with van der Waals surface area (Å²) in [4.78, 5) is 29.0. The van der Waals surface area contributed by atoms with Crippen LogP contribution in [0.5, 0.6) is 0 Å². The topological polar surface area (TPSA) is 111 Å². The SMILES string of the molecule is Cc1c(N2CCN(S(=O)(=O)c3cccc(F)c3)CC2)c(=O)n(C[C@H](N)c2ccccc2)c(=O)n1Cc1c(F)cccc1F. The maximum atomic E-state index is 14.6. The first-order chi connectivity index (χ1) is 20.5. The van der Waals surface area contributed by atoms with E-state index in [0.717, 1.165) is 33.4 Å². The van der Waals surface area contributed by atoms with E-state index in [1.165, 1.54) is 29.4 Å². The zero-order valence-electron chi connectivity index (χ0n) is 23.3. The molecule has 1 atom stereocenters. The van der Waals surface area contributed by atoms with Crippen LogP contribution in [-0.2, 0) is 23.1 Å². The van der Waals surface area contributed by atoms with Gasteiger partial charge in [-0.05, 0) is 42.8 Å². The zero-order valence-corrected chi connectivity index (χ0v) is 24.1. The molecule has 3 aromatic carbocycles. The highest BCUT2D eigenvalue weighted by Gasteiger charge is 2.32. The monoisotopic (exact) mass is 613 g/mol. The molecular weight excluding hydrogens is 583 g/mol. The molecule has 0 radical (unpaired) electrons. The minimum Gasteiger partial charge on any atom is -0.363 e. The highest BCUT2D eigenvalue weighted by Crippen LogP contribution is 2.23. The van der Waals surface area contributed by atoms with Gasteiger partial charge in [0, 0.05) is 43.5 Å². The van der Waals surface area contributed by atoms with Crippen molar-refractivity contribution in [1.29, 1.82) is 0 Å². The number of halogens is 3. The van der Waals surface area contributed by atoms with Crippen molar-refractivity contribution in [2.24, 2.45) is 5.73 Å². The van der Waals surface area contributed by atoms with Gasteiger partial charge >= 0.3 is 5.69 Å². The number of hydrogen-bond acceptors (Lipinski definition) is 6. The van der Waals surface area contributed by atoms with Gasteiger partial charge in [0.2, 0.25) is 10.0 Å². The molecule has 5 rings (SSSR count). The zero-order chi connectivity index (χ0) is 30.9. The van der Waals surface area contributed by atoms with Gasteiger partial charge in [0.15, 0.2) is 0 Å². The van der Waals surface area contributed by atoms with Crippen molar-refractivity contribution in [2.45, 2.75) is 31.0 Å². The molecule has 0 saturated carbocycles. The molecule has 13 heteroatoms. The Bertz CT molecular complexity index is 1850. The second-order valence-electron chi connectivity index (χ2n) is 10.3. The molecule has 1 fully saturated rings. The van der Waals surface area contributed by atoms with Gasteiger partial charge < -0.3 is 10.6 Å². The van der Waals surface area contributed by atoms with Crippen molar-refractivity contribution in [2.75, 3.05) is 31.1 Å². The maximum Gasteiger partial charge on any atom is 0.331 e. The van der Waals surface area contributed by atoms with E-state index in [9.17, 15) is 31.2 Å². The molecule has 226 valence electrons. The first kappa shape index (κ1) is 30.3. The first-order valence-electron chi connectivity index (χ1n) is 13.6. The van der Waals surface area contributed by atoms with E-state index in [2.05, 4.69) is 0 Å². The van der Waals surface area contributed by atoms with Crippen LogP contribution in [-0.4, -0.2) is 48.0 Å². The molecule has 1 aliphatic rings. The second-order valence-corrected chi connectivity index (χ2v) is 12.2. The Labute approximate surface area is 246 Å². The Morgan fingerprint density at radius 1 is 0.837 bits per heavy atom. The second kappa shape index (κ2) is 12.2. The molecule has 9 nitrogen and oxygen atoms in total. The summed E-state index contributed by atoms with van der Waals surface area (Å²) in [5.41, 5.74) is 5.54. The number of sulfonamides is 1. The number of piperazine rings is 1. The Hall–Kier alpha value is -4.20. The fraction of sp³-hybridized carbons (Fsp3) is 0.267. The molecular formula is C30H30F3N5O4S. The van der Waals surface area contributed by atoms with Crippen molar-refractivity contribution in [3.8, 4) is 0 Å². The summed E-state index contributed by atoms with van der Waals surface area (Å²) in [5.74, 6) is -2.37. The van der Waals surface area contributed by atoms with Gasteiger partial charge in [0.1, 0.15) is 23.1 Å². The van der Waals surface area contributed by atoms with Crippen LogP contribution >= 0.6 is 0 Å². The third kappa shape index (κ3) is 6.01. The summed E-state index contributed by atoms with van der Waals surface area (Å²) in [7, 11) is -4.00. The fourth-order valence-electron chi connectivity index (χ4n) is 5.27. The third-order valence-electron chi connectivity index (χ3n) is 7.63. The van der Waals surface area contributed by atoms with Crippen LogP contribution in [0.4, 0.5) is 18.9 Å². The molecule has 1 aromatic heterocycles. The fourth-order valence-corrected chi connectivity index (χ4v) is 6.72. The van der Waals surface area contributed by atoms with Crippen LogP contribution in [0.1, 0.15) is 22.9 Å². The normalized spacial score (nSPS) is 15.0. The summed E-state index contributed by atoms with van der Waals surface area (Å²) in [6.45, 7) is 0.912. The number of nitrogens with zero attached hydrogens (tertiary/aromatic N) is 4. The Kier molecular flexibility index (Phi) is 8.58. The number of aromatic nitrogens is 2. The van der Waals surface area contributed by atoms with Crippen molar-refractivity contribution in [3.05, 3.63) is 128 Å². The maximum absolute atomic E-state index is 14.6.